The van der Waals surface area contributed by atoms with Crippen LogP contribution in [0.15, 0.2) is 48.5 Å². The maximum Gasteiger partial charge on any atom is 0.323 e. The van der Waals surface area contributed by atoms with E-state index in [2.05, 4.69) is 27.8 Å². The van der Waals surface area contributed by atoms with Gasteiger partial charge < -0.3 is 25.8 Å². The zero-order chi connectivity index (χ0) is 21.3. The molecule has 1 saturated heterocycles. The summed E-state index contributed by atoms with van der Waals surface area (Å²) in [6.45, 7) is 5.79. The SMILES string of the molecule is CCCCNC(=O)N1CCN(c2ccc(NC(=O)Nc3cccc(Cl)c3)cc2)CC1. The van der Waals surface area contributed by atoms with Crippen LogP contribution in [0.1, 0.15) is 19.8 Å². The molecule has 0 radical (unpaired) electrons. The molecule has 0 unspecified atom stereocenters. The van der Waals surface area contributed by atoms with E-state index in [0.717, 1.165) is 38.2 Å². The third kappa shape index (κ3) is 6.29. The molecule has 0 aliphatic carbocycles. The van der Waals surface area contributed by atoms with E-state index in [0.29, 0.717) is 29.5 Å². The lowest BCUT2D eigenvalue weighted by Gasteiger charge is -2.36. The first-order chi connectivity index (χ1) is 14.5. The normalized spacial score (nSPS) is 13.7. The number of nitrogens with zero attached hydrogens (tertiary/aromatic N) is 2. The average molecular weight is 430 g/mol. The maximum absolute atomic E-state index is 12.2. The van der Waals surface area contributed by atoms with Gasteiger partial charge in [-0.05, 0) is 48.9 Å². The number of unbranched alkanes of at least 4 members (excludes halogenated alkanes) is 1. The summed E-state index contributed by atoms with van der Waals surface area (Å²) in [5, 5.41) is 9.10. The van der Waals surface area contributed by atoms with Crippen LogP contribution in [0.2, 0.25) is 5.02 Å². The number of carbonyl (C=O) groups is 2. The first kappa shape index (κ1) is 21.8. The molecular formula is C22H28ClN5O2. The van der Waals surface area contributed by atoms with Crippen molar-refractivity contribution in [3.8, 4) is 0 Å². The van der Waals surface area contributed by atoms with Crippen LogP contribution >= 0.6 is 11.6 Å². The lowest BCUT2D eigenvalue weighted by Crippen LogP contribution is -2.52. The van der Waals surface area contributed by atoms with Crippen molar-refractivity contribution >= 4 is 40.7 Å². The van der Waals surface area contributed by atoms with Crippen LogP contribution in [-0.4, -0.2) is 49.7 Å². The first-order valence-electron chi connectivity index (χ1n) is 10.3. The van der Waals surface area contributed by atoms with Crippen LogP contribution < -0.4 is 20.9 Å². The van der Waals surface area contributed by atoms with Crippen LogP contribution in [0.3, 0.4) is 0 Å². The number of amides is 4. The first-order valence-corrected chi connectivity index (χ1v) is 10.6. The number of halogens is 1. The van der Waals surface area contributed by atoms with E-state index in [9.17, 15) is 9.59 Å². The molecule has 7 nitrogen and oxygen atoms in total. The van der Waals surface area contributed by atoms with Crippen molar-refractivity contribution in [2.24, 2.45) is 0 Å². The number of benzene rings is 2. The van der Waals surface area contributed by atoms with E-state index in [4.69, 9.17) is 11.6 Å². The Morgan fingerprint density at radius 1 is 0.967 bits per heavy atom. The fourth-order valence-corrected chi connectivity index (χ4v) is 3.46. The van der Waals surface area contributed by atoms with Gasteiger partial charge in [-0.3, -0.25) is 0 Å². The van der Waals surface area contributed by atoms with Crippen molar-refractivity contribution in [2.75, 3.05) is 48.3 Å². The predicted octanol–water partition coefficient (Wildman–Crippen LogP) is 4.62. The van der Waals surface area contributed by atoms with Gasteiger partial charge in [-0.25, -0.2) is 9.59 Å². The number of rotatable bonds is 6. The number of urea groups is 2. The van der Waals surface area contributed by atoms with Gasteiger partial charge in [0.1, 0.15) is 0 Å². The van der Waals surface area contributed by atoms with Crippen molar-refractivity contribution in [3.63, 3.8) is 0 Å². The highest BCUT2D eigenvalue weighted by Gasteiger charge is 2.20. The Morgan fingerprint density at radius 2 is 1.67 bits per heavy atom. The van der Waals surface area contributed by atoms with Crippen LogP contribution in [0.25, 0.3) is 0 Å². The van der Waals surface area contributed by atoms with Gasteiger partial charge >= 0.3 is 12.1 Å². The average Bonchev–Trinajstić information content (AvgIpc) is 2.74. The van der Waals surface area contributed by atoms with Gasteiger partial charge in [0.2, 0.25) is 0 Å². The Labute approximate surface area is 182 Å². The molecule has 160 valence electrons. The number of hydrogen-bond acceptors (Lipinski definition) is 3. The molecular weight excluding hydrogens is 402 g/mol. The minimum Gasteiger partial charge on any atom is -0.368 e. The topological polar surface area (TPSA) is 76.7 Å². The van der Waals surface area contributed by atoms with E-state index in [1.807, 2.05) is 29.2 Å². The van der Waals surface area contributed by atoms with E-state index in [1.165, 1.54) is 0 Å². The monoisotopic (exact) mass is 429 g/mol. The fourth-order valence-electron chi connectivity index (χ4n) is 3.27. The summed E-state index contributed by atoms with van der Waals surface area (Å²) >= 11 is 5.93. The summed E-state index contributed by atoms with van der Waals surface area (Å²) in [4.78, 5) is 28.4. The van der Waals surface area contributed by atoms with Gasteiger partial charge in [-0.1, -0.05) is 31.0 Å². The van der Waals surface area contributed by atoms with Gasteiger partial charge in [-0.2, -0.15) is 0 Å². The molecule has 1 heterocycles. The number of piperazine rings is 1. The molecule has 1 aliphatic heterocycles. The van der Waals surface area contributed by atoms with E-state index >= 15 is 0 Å². The molecule has 2 aromatic rings. The van der Waals surface area contributed by atoms with Crippen molar-refractivity contribution < 1.29 is 9.59 Å². The smallest absolute Gasteiger partial charge is 0.323 e. The summed E-state index contributed by atoms with van der Waals surface area (Å²) in [5.74, 6) is 0. The third-order valence-electron chi connectivity index (χ3n) is 4.95. The Balaban J connectivity index is 1.46. The van der Waals surface area contributed by atoms with E-state index in [-0.39, 0.29) is 12.1 Å². The molecule has 0 aromatic heterocycles. The lowest BCUT2D eigenvalue weighted by atomic mass is 10.2. The second-order valence-electron chi connectivity index (χ2n) is 7.20. The second-order valence-corrected chi connectivity index (χ2v) is 7.63. The van der Waals surface area contributed by atoms with Gasteiger partial charge in [0.05, 0.1) is 0 Å². The molecule has 0 saturated carbocycles. The van der Waals surface area contributed by atoms with E-state index < -0.39 is 0 Å². The summed E-state index contributed by atoms with van der Waals surface area (Å²) in [6, 6.07) is 14.4. The minimum absolute atomic E-state index is 0.0216. The summed E-state index contributed by atoms with van der Waals surface area (Å²) in [5.41, 5.74) is 2.40. The van der Waals surface area contributed by atoms with Crippen molar-refractivity contribution in [1.82, 2.24) is 10.2 Å². The Kier molecular flexibility index (Phi) is 7.79. The Bertz CT molecular complexity index is 851. The van der Waals surface area contributed by atoms with E-state index in [1.54, 1.807) is 24.3 Å². The Morgan fingerprint density at radius 3 is 2.33 bits per heavy atom. The van der Waals surface area contributed by atoms with Gasteiger partial charge in [0.15, 0.2) is 0 Å². The molecule has 30 heavy (non-hydrogen) atoms. The van der Waals surface area contributed by atoms with Gasteiger partial charge in [0, 0.05) is 54.8 Å². The predicted molar refractivity (Wildman–Crippen MR) is 123 cm³/mol. The van der Waals surface area contributed by atoms with Crippen LogP contribution in [0.5, 0.6) is 0 Å². The highest BCUT2D eigenvalue weighted by atomic mass is 35.5. The number of anilines is 3. The zero-order valence-electron chi connectivity index (χ0n) is 17.2. The van der Waals surface area contributed by atoms with Crippen LogP contribution in [-0.2, 0) is 0 Å². The highest BCUT2D eigenvalue weighted by Crippen LogP contribution is 2.20. The molecule has 0 bridgehead atoms. The third-order valence-corrected chi connectivity index (χ3v) is 5.18. The quantitative estimate of drug-likeness (QED) is 0.586. The molecule has 1 fully saturated rings. The number of nitrogens with one attached hydrogen (secondary N) is 3. The molecule has 0 spiro atoms. The molecule has 1 aliphatic rings. The molecule has 2 aromatic carbocycles. The molecule has 3 N–H and O–H groups in total. The molecule has 4 amide bonds. The van der Waals surface area contributed by atoms with Gasteiger partial charge in [0.25, 0.3) is 0 Å². The summed E-state index contributed by atoms with van der Waals surface area (Å²) < 4.78 is 0. The zero-order valence-corrected chi connectivity index (χ0v) is 17.9. The van der Waals surface area contributed by atoms with Crippen molar-refractivity contribution in [3.05, 3.63) is 53.6 Å². The number of hydrogen-bond donors (Lipinski definition) is 3. The second kappa shape index (κ2) is 10.7. The molecule has 8 heteroatoms. The molecule has 3 rings (SSSR count). The van der Waals surface area contributed by atoms with Gasteiger partial charge in [-0.15, -0.1) is 0 Å². The minimum atomic E-state index is -0.326. The Hall–Kier alpha value is -2.93. The van der Waals surface area contributed by atoms with Crippen molar-refractivity contribution in [1.29, 1.82) is 0 Å². The fraction of sp³-hybridized carbons (Fsp3) is 0.364. The number of carbonyl (C=O) groups excluding carboxylic acids is 2. The highest BCUT2D eigenvalue weighted by molar-refractivity contribution is 6.30. The van der Waals surface area contributed by atoms with Crippen LogP contribution in [0, 0.1) is 0 Å². The maximum atomic E-state index is 12.2. The van der Waals surface area contributed by atoms with Crippen molar-refractivity contribution in [2.45, 2.75) is 19.8 Å². The lowest BCUT2D eigenvalue weighted by molar-refractivity contribution is 0.194. The van der Waals surface area contributed by atoms with Crippen LogP contribution in [0.4, 0.5) is 26.7 Å². The standard InChI is InChI=1S/C22H28ClN5O2/c1-2-3-11-24-22(30)28-14-12-27(13-15-28)20-9-7-18(8-10-20)25-21(29)26-19-6-4-5-17(23)16-19/h4-10,16H,2-3,11-15H2,1H3,(H,24,30)(H2,25,26,29). The summed E-state index contributed by atoms with van der Waals surface area (Å²) in [6.07, 6.45) is 2.07. The molecule has 0 atom stereocenters. The summed E-state index contributed by atoms with van der Waals surface area (Å²) in [7, 11) is 0. The largest absolute Gasteiger partial charge is 0.368 e.